The van der Waals surface area contributed by atoms with Gasteiger partial charge in [0.2, 0.25) is 0 Å². The van der Waals surface area contributed by atoms with Crippen LogP contribution in [0.25, 0.3) is 11.1 Å². The van der Waals surface area contributed by atoms with Crippen LogP contribution in [0.4, 0.5) is 17.3 Å². The number of nitrogen functional groups attached to an aromatic ring is 1. The van der Waals surface area contributed by atoms with Crippen LogP contribution in [0, 0.1) is 5.41 Å². The van der Waals surface area contributed by atoms with E-state index in [4.69, 9.17) is 20.6 Å². The Morgan fingerprint density at radius 3 is 2.00 bits per heavy atom. The number of morpholine rings is 2. The number of hydrogen-bond donors (Lipinski definition) is 2. The van der Waals surface area contributed by atoms with Gasteiger partial charge in [0.05, 0.1) is 32.1 Å². The zero-order chi connectivity index (χ0) is 22.6. The van der Waals surface area contributed by atoms with Crippen molar-refractivity contribution < 1.29 is 9.47 Å². The second-order valence-corrected chi connectivity index (χ2v) is 8.18. The minimum Gasteiger partial charge on any atom is -0.398 e. The van der Waals surface area contributed by atoms with Crippen LogP contribution < -0.4 is 15.5 Å². The Morgan fingerprint density at radius 2 is 1.33 bits per heavy atom. The maximum absolute atomic E-state index is 8.90. The molecule has 2 aromatic heterocycles. The summed E-state index contributed by atoms with van der Waals surface area (Å²) in [5.74, 6) is 1.80. The van der Waals surface area contributed by atoms with Gasteiger partial charge in [-0.2, -0.15) is 0 Å². The lowest BCUT2D eigenvalue weighted by Gasteiger charge is -2.28. The van der Waals surface area contributed by atoms with E-state index in [0.29, 0.717) is 43.4 Å². The summed E-state index contributed by atoms with van der Waals surface area (Å²) in [7, 11) is 0. The average Bonchev–Trinajstić information content (AvgIpc) is 2.90. The number of aromatic nitrogens is 2. The summed E-state index contributed by atoms with van der Waals surface area (Å²) in [5, 5.41) is 8.90. The number of nitrogens with two attached hydrogens (primary N) is 1. The third-order valence-corrected chi connectivity index (χ3v) is 6.11. The van der Waals surface area contributed by atoms with E-state index in [1.807, 2.05) is 42.6 Å². The monoisotopic (exact) mass is 444 g/mol. The molecule has 170 valence electrons. The Bertz CT molecular complexity index is 1140. The summed E-state index contributed by atoms with van der Waals surface area (Å²) < 4.78 is 10.9. The van der Waals surface area contributed by atoms with Crippen LogP contribution in [0.2, 0.25) is 0 Å². The SMILES string of the molecule is N=C(c1ccnc(N2CCOCC2)c1)c1cc(-c2ccnc(N3CCOCC3)c2)ccc1N. The maximum Gasteiger partial charge on any atom is 0.129 e. The lowest BCUT2D eigenvalue weighted by atomic mass is 9.96. The highest BCUT2D eigenvalue weighted by Crippen LogP contribution is 2.28. The first kappa shape index (κ1) is 21.4. The minimum atomic E-state index is 0.383. The predicted octanol–water partition coefficient (Wildman–Crippen LogP) is 2.82. The summed E-state index contributed by atoms with van der Waals surface area (Å²) in [6.07, 6.45) is 3.59. The largest absolute Gasteiger partial charge is 0.398 e. The van der Waals surface area contributed by atoms with Gasteiger partial charge in [-0.1, -0.05) is 6.07 Å². The van der Waals surface area contributed by atoms with E-state index in [1.165, 1.54) is 0 Å². The number of nitrogens with one attached hydrogen (secondary N) is 1. The maximum atomic E-state index is 8.90. The molecule has 2 aliphatic heterocycles. The van der Waals surface area contributed by atoms with Gasteiger partial charge in [-0.15, -0.1) is 0 Å². The zero-order valence-corrected chi connectivity index (χ0v) is 18.5. The van der Waals surface area contributed by atoms with Crippen LogP contribution in [-0.2, 0) is 9.47 Å². The molecule has 33 heavy (non-hydrogen) atoms. The number of nitrogens with zero attached hydrogens (tertiary/aromatic N) is 4. The van der Waals surface area contributed by atoms with E-state index in [-0.39, 0.29) is 0 Å². The van der Waals surface area contributed by atoms with Crippen molar-refractivity contribution in [1.82, 2.24) is 9.97 Å². The van der Waals surface area contributed by atoms with Gasteiger partial charge in [-0.05, 0) is 47.5 Å². The highest BCUT2D eigenvalue weighted by atomic mass is 16.5. The average molecular weight is 445 g/mol. The van der Waals surface area contributed by atoms with Crippen molar-refractivity contribution in [3.63, 3.8) is 0 Å². The van der Waals surface area contributed by atoms with Gasteiger partial charge < -0.3 is 25.0 Å². The Morgan fingerprint density at radius 1 is 0.758 bits per heavy atom. The number of benzene rings is 1. The number of hydrogen-bond acceptors (Lipinski definition) is 8. The van der Waals surface area contributed by atoms with Gasteiger partial charge in [0, 0.05) is 55.4 Å². The van der Waals surface area contributed by atoms with Crippen molar-refractivity contribution in [2.45, 2.75) is 0 Å². The Labute approximate surface area is 193 Å². The molecule has 8 heteroatoms. The Hall–Kier alpha value is -3.49. The molecule has 0 atom stereocenters. The van der Waals surface area contributed by atoms with Gasteiger partial charge in [-0.3, -0.25) is 5.41 Å². The molecule has 8 nitrogen and oxygen atoms in total. The van der Waals surface area contributed by atoms with Crippen molar-refractivity contribution >= 4 is 23.0 Å². The molecule has 2 aliphatic rings. The van der Waals surface area contributed by atoms with E-state index >= 15 is 0 Å². The molecule has 0 aliphatic carbocycles. The van der Waals surface area contributed by atoms with Crippen LogP contribution >= 0.6 is 0 Å². The zero-order valence-electron chi connectivity index (χ0n) is 18.5. The second-order valence-electron chi connectivity index (χ2n) is 8.18. The fraction of sp³-hybridized carbons (Fsp3) is 0.320. The lowest BCUT2D eigenvalue weighted by molar-refractivity contribution is 0.122. The molecular weight excluding hydrogens is 416 g/mol. The normalized spacial score (nSPS) is 16.6. The van der Waals surface area contributed by atoms with Crippen LogP contribution in [0.1, 0.15) is 11.1 Å². The third-order valence-electron chi connectivity index (χ3n) is 6.11. The molecule has 2 saturated heterocycles. The van der Waals surface area contributed by atoms with Crippen molar-refractivity contribution in [3.05, 3.63) is 66.0 Å². The highest BCUT2D eigenvalue weighted by Gasteiger charge is 2.17. The fourth-order valence-corrected chi connectivity index (χ4v) is 4.21. The smallest absolute Gasteiger partial charge is 0.129 e. The first-order valence-corrected chi connectivity index (χ1v) is 11.3. The van der Waals surface area contributed by atoms with Crippen LogP contribution in [0.3, 0.4) is 0 Å². The quantitative estimate of drug-likeness (QED) is 0.461. The Balaban J connectivity index is 1.43. The van der Waals surface area contributed by atoms with E-state index in [9.17, 15) is 0 Å². The molecule has 0 amide bonds. The van der Waals surface area contributed by atoms with Gasteiger partial charge in [0.15, 0.2) is 0 Å². The van der Waals surface area contributed by atoms with Gasteiger partial charge >= 0.3 is 0 Å². The molecule has 3 aromatic rings. The molecule has 2 fully saturated rings. The van der Waals surface area contributed by atoms with Gasteiger partial charge in [0.25, 0.3) is 0 Å². The minimum absolute atomic E-state index is 0.383. The third kappa shape index (κ3) is 4.67. The number of ether oxygens (including phenoxy) is 2. The number of pyridine rings is 2. The van der Waals surface area contributed by atoms with E-state index < -0.39 is 0 Å². The second kappa shape index (κ2) is 9.56. The topological polar surface area (TPSA) is 101 Å². The molecule has 3 N–H and O–H groups in total. The van der Waals surface area contributed by atoms with Crippen LogP contribution in [0.5, 0.6) is 0 Å². The number of anilines is 3. The van der Waals surface area contributed by atoms with Crippen molar-refractivity contribution in [2.75, 3.05) is 68.1 Å². The molecule has 0 spiro atoms. The first-order valence-electron chi connectivity index (χ1n) is 11.3. The standard InChI is InChI=1S/C25H28N6O2/c26-22-2-1-18(19-3-5-28-23(16-19)30-7-11-32-12-8-30)15-21(22)25(27)20-4-6-29-24(17-20)31-9-13-33-14-10-31/h1-6,15-17,27H,7-14,26H2. The molecule has 0 bridgehead atoms. The van der Waals surface area contributed by atoms with Crippen molar-refractivity contribution in [3.8, 4) is 11.1 Å². The summed E-state index contributed by atoms with van der Waals surface area (Å²) >= 11 is 0. The van der Waals surface area contributed by atoms with E-state index in [2.05, 4.69) is 25.8 Å². The molecule has 5 rings (SSSR count). The Kier molecular flexibility index (Phi) is 6.19. The van der Waals surface area contributed by atoms with Gasteiger partial charge in [-0.25, -0.2) is 9.97 Å². The van der Waals surface area contributed by atoms with Crippen molar-refractivity contribution in [1.29, 1.82) is 5.41 Å². The molecule has 0 saturated carbocycles. The summed E-state index contributed by atoms with van der Waals surface area (Å²) in [6.45, 7) is 6.08. The lowest BCUT2D eigenvalue weighted by Crippen LogP contribution is -2.36. The van der Waals surface area contributed by atoms with Gasteiger partial charge in [0.1, 0.15) is 11.6 Å². The molecule has 4 heterocycles. The first-order chi connectivity index (χ1) is 16.2. The van der Waals surface area contributed by atoms with E-state index in [1.54, 1.807) is 6.20 Å². The highest BCUT2D eigenvalue weighted by molar-refractivity contribution is 6.14. The van der Waals surface area contributed by atoms with Crippen LogP contribution in [-0.4, -0.2) is 68.3 Å². The van der Waals surface area contributed by atoms with Crippen LogP contribution in [0.15, 0.2) is 54.9 Å². The summed E-state index contributed by atoms with van der Waals surface area (Å²) in [4.78, 5) is 13.5. The summed E-state index contributed by atoms with van der Waals surface area (Å²) in [5.41, 5.74) is 10.8. The predicted molar refractivity (Wildman–Crippen MR) is 130 cm³/mol. The molecule has 0 radical (unpaired) electrons. The fourth-order valence-electron chi connectivity index (χ4n) is 4.21. The molecule has 1 aromatic carbocycles. The van der Waals surface area contributed by atoms with Crippen molar-refractivity contribution in [2.24, 2.45) is 0 Å². The number of rotatable bonds is 5. The summed E-state index contributed by atoms with van der Waals surface area (Å²) in [6, 6.07) is 13.8. The molecular formula is C25H28N6O2. The van der Waals surface area contributed by atoms with E-state index in [0.717, 1.165) is 54.5 Å². The molecule has 0 unspecified atom stereocenters.